The lowest BCUT2D eigenvalue weighted by atomic mass is 10.2. The van der Waals surface area contributed by atoms with Crippen molar-refractivity contribution in [1.29, 1.82) is 0 Å². The number of ether oxygens (including phenoxy) is 1. The van der Waals surface area contributed by atoms with Crippen LogP contribution in [-0.4, -0.2) is 5.97 Å². The van der Waals surface area contributed by atoms with Gasteiger partial charge in [0.05, 0.1) is 12.7 Å². The third-order valence-corrected chi connectivity index (χ3v) is 3.34. The largest absolute Gasteiger partial charge is 0.419 e. The molecule has 0 aliphatic heterocycles. The second-order valence-corrected chi connectivity index (χ2v) is 5.39. The molecular weight excluding hydrogens is 482 g/mol. The Bertz CT molecular complexity index is 488. The molecule has 98 valence electrons. The molecule has 0 heterocycles. The number of benzene rings is 1. The summed E-state index contributed by atoms with van der Waals surface area (Å²) in [4.78, 5) is 11.0. The van der Waals surface area contributed by atoms with E-state index in [0.29, 0.717) is 0 Å². The molecule has 0 amide bonds. The van der Waals surface area contributed by atoms with Crippen LogP contribution in [0.15, 0.2) is 24.5 Å². The summed E-state index contributed by atoms with van der Waals surface area (Å²) in [5.74, 6) is -2.76. The Labute approximate surface area is 127 Å². The van der Waals surface area contributed by atoms with Crippen molar-refractivity contribution in [3.05, 3.63) is 37.2 Å². The molecule has 0 fully saturated rings. The number of halogens is 6. The first-order valence-electron chi connectivity index (χ1n) is 4.25. The number of rotatable bonds is 2. The molecule has 0 N–H and O–H groups in total. The second kappa shape index (κ2) is 5.72. The van der Waals surface area contributed by atoms with Gasteiger partial charge in [-0.3, -0.25) is 0 Å². The lowest BCUT2D eigenvalue weighted by Crippen LogP contribution is -2.12. The van der Waals surface area contributed by atoms with Crippen LogP contribution in [0.2, 0.25) is 0 Å². The van der Waals surface area contributed by atoms with Crippen LogP contribution in [0.4, 0.5) is 17.6 Å². The first-order valence-corrected chi connectivity index (χ1v) is 6.41. The number of hydrogen-bond acceptors (Lipinski definition) is 2. The maximum atomic E-state index is 12.5. The minimum absolute atomic E-state index is 0.0569. The molecule has 0 saturated carbocycles. The molecule has 1 aromatic rings. The number of carbonyl (C=O) groups is 1. The molecule has 0 unspecified atom stereocenters. The normalized spacial score (nSPS) is 11.2. The number of carbonyl (C=O) groups excluding carboxylic acids is 1. The van der Waals surface area contributed by atoms with Gasteiger partial charge in [0.1, 0.15) is 0 Å². The lowest BCUT2D eigenvalue weighted by molar-refractivity contribution is -0.137. The van der Waals surface area contributed by atoms with Gasteiger partial charge < -0.3 is 4.74 Å². The highest BCUT2D eigenvalue weighted by atomic mass is 127. The molecule has 1 rings (SSSR count). The summed E-state index contributed by atoms with van der Waals surface area (Å²) in [7, 11) is 0. The monoisotopic (exact) mass is 486 g/mol. The van der Waals surface area contributed by atoms with Gasteiger partial charge in [0.2, 0.25) is 5.83 Å². The fourth-order valence-corrected chi connectivity index (χ4v) is 2.96. The molecule has 0 bridgehead atoms. The molecule has 0 aromatic heterocycles. The van der Waals surface area contributed by atoms with Crippen LogP contribution in [0.1, 0.15) is 5.56 Å². The quantitative estimate of drug-likeness (QED) is 0.205. The van der Waals surface area contributed by atoms with Gasteiger partial charge in [-0.1, -0.05) is 6.58 Å². The predicted molar refractivity (Wildman–Crippen MR) is 72.8 cm³/mol. The van der Waals surface area contributed by atoms with E-state index < -0.39 is 23.5 Å². The summed E-state index contributed by atoms with van der Waals surface area (Å²) >= 11 is 3.15. The molecule has 2 nitrogen and oxygen atoms in total. The van der Waals surface area contributed by atoms with Crippen molar-refractivity contribution in [2.75, 3.05) is 0 Å². The van der Waals surface area contributed by atoms with Crippen LogP contribution < -0.4 is 4.74 Å². The first-order chi connectivity index (χ1) is 8.12. The van der Waals surface area contributed by atoms with E-state index in [9.17, 15) is 22.4 Å². The van der Waals surface area contributed by atoms with Gasteiger partial charge >= 0.3 is 12.1 Å². The zero-order chi connectivity index (χ0) is 14.1. The summed E-state index contributed by atoms with van der Waals surface area (Å²) in [6, 6.07) is 1.62. The highest BCUT2D eigenvalue weighted by Gasteiger charge is 2.32. The molecule has 0 spiro atoms. The van der Waals surface area contributed by atoms with Crippen LogP contribution in [0.5, 0.6) is 5.75 Å². The maximum Gasteiger partial charge on any atom is 0.416 e. The number of alkyl halides is 3. The minimum atomic E-state index is -4.49. The van der Waals surface area contributed by atoms with E-state index in [1.165, 1.54) is 0 Å². The smallest absolute Gasteiger partial charge is 0.416 e. The Balaban J connectivity index is 3.17. The number of esters is 1. The van der Waals surface area contributed by atoms with Crippen molar-refractivity contribution in [2.45, 2.75) is 6.18 Å². The predicted octanol–water partition coefficient (Wildman–Crippen LogP) is 4.30. The van der Waals surface area contributed by atoms with Gasteiger partial charge in [0.15, 0.2) is 5.75 Å². The van der Waals surface area contributed by atoms with Crippen molar-refractivity contribution in [3.8, 4) is 5.75 Å². The topological polar surface area (TPSA) is 26.3 Å². The molecule has 0 aliphatic rings. The third kappa shape index (κ3) is 3.80. The Hall–Kier alpha value is -0.390. The van der Waals surface area contributed by atoms with Crippen molar-refractivity contribution in [1.82, 2.24) is 0 Å². The van der Waals surface area contributed by atoms with Gasteiger partial charge in [-0.2, -0.15) is 17.6 Å². The lowest BCUT2D eigenvalue weighted by Gasteiger charge is -2.12. The van der Waals surface area contributed by atoms with Gasteiger partial charge in [-0.15, -0.1) is 0 Å². The van der Waals surface area contributed by atoms with E-state index in [-0.39, 0.29) is 12.9 Å². The van der Waals surface area contributed by atoms with Gasteiger partial charge in [0.25, 0.3) is 0 Å². The number of hydrogen-bond donors (Lipinski definition) is 0. The Morgan fingerprint density at radius 1 is 1.22 bits per heavy atom. The van der Waals surface area contributed by atoms with Crippen LogP contribution in [-0.2, 0) is 11.0 Å². The van der Waals surface area contributed by atoms with Crippen LogP contribution in [0, 0.1) is 7.14 Å². The van der Waals surface area contributed by atoms with E-state index >= 15 is 0 Å². The zero-order valence-corrected chi connectivity index (χ0v) is 12.8. The second-order valence-electron chi connectivity index (χ2n) is 3.06. The van der Waals surface area contributed by atoms with Crippen LogP contribution in [0.25, 0.3) is 0 Å². The van der Waals surface area contributed by atoms with Crippen molar-refractivity contribution in [2.24, 2.45) is 0 Å². The van der Waals surface area contributed by atoms with Crippen molar-refractivity contribution in [3.63, 3.8) is 0 Å². The zero-order valence-electron chi connectivity index (χ0n) is 8.45. The van der Waals surface area contributed by atoms with E-state index in [1.807, 2.05) is 0 Å². The van der Waals surface area contributed by atoms with Crippen LogP contribution in [0.3, 0.4) is 0 Å². The molecular formula is C10H4F4I2O2. The molecule has 1 aromatic carbocycles. The summed E-state index contributed by atoms with van der Waals surface area (Å²) in [6.45, 7) is 2.74. The highest BCUT2D eigenvalue weighted by Crippen LogP contribution is 2.36. The van der Waals surface area contributed by atoms with E-state index in [0.717, 1.165) is 12.1 Å². The Morgan fingerprint density at radius 2 is 1.67 bits per heavy atom. The van der Waals surface area contributed by atoms with Gasteiger partial charge in [0, 0.05) is 0 Å². The SMILES string of the molecule is C=C(F)C(=O)Oc1c(I)cc(C(F)(F)F)cc1I. The first kappa shape index (κ1) is 15.7. The minimum Gasteiger partial charge on any atom is -0.419 e. The van der Waals surface area contributed by atoms with E-state index in [2.05, 4.69) is 11.3 Å². The summed E-state index contributed by atoms with van der Waals surface area (Å²) in [5.41, 5.74) is -0.866. The average Bonchev–Trinajstić information content (AvgIpc) is 2.21. The Morgan fingerprint density at radius 3 is 2.00 bits per heavy atom. The highest BCUT2D eigenvalue weighted by molar-refractivity contribution is 14.1. The van der Waals surface area contributed by atoms with E-state index in [4.69, 9.17) is 0 Å². The molecule has 8 heteroatoms. The molecule has 0 saturated heterocycles. The summed E-state index contributed by atoms with van der Waals surface area (Å²) in [6.07, 6.45) is -4.49. The molecule has 0 radical (unpaired) electrons. The van der Waals surface area contributed by atoms with Crippen LogP contribution >= 0.6 is 45.2 Å². The maximum absolute atomic E-state index is 12.5. The molecule has 18 heavy (non-hydrogen) atoms. The fraction of sp³-hybridized carbons (Fsp3) is 0.100. The molecule has 0 aliphatic carbocycles. The third-order valence-electron chi connectivity index (χ3n) is 1.74. The molecule has 0 atom stereocenters. The van der Waals surface area contributed by atoms with E-state index in [1.54, 1.807) is 45.2 Å². The van der Waals surface area contributed by atoms with Crippen molar-refractivity contribution >= 4 is 51.2 Å². The van der Waals surface area contributed by atoms with Crippen molar-refractivity contribution < 1.29 is 27.1 Å². The van der Waals surface area contributed by atoms with Gasteiger partial charge in [-0.25, -0.2) is 4.79 Å². The summed E-state index contributed by atoms with van der Waals surface area (Å²) in [5, 5.41) is 0. The summed E-state index contributed by atoms with van der Waals surface area (Å²) < 4.78 is 54.6. The Kier molecular flexibility index (Phi) is 4.98. The fourth-order valence-electron chi connectivity index (χ4n) is 0.969. The van der Waals surface area contributed by atoms with Gasteiger partial charge in [-0.05, 0) is 57.3 Å². The standard InChI is InChI=1S/C10H4F4I2O2/c1-4(11)9(17)18-8-6(15)2-5(3-7(8)16)10(12,13)14/h2-3H,1H2. The average molecular weight is 486 g/mol.